The molecule has 1 saturated heterocycles. The van der Waals surface area contributed by atoms with Crippen molar-refractivity contribution in [2.45, 2.75) is 38.6 Å². The summed E-state index contributed by atoms with van der Waals surface area (Å²) in [5.74, 6) is 1.69. The van der Waals surface area contributed by atoms with Gasteiger partial charge in [-0.25, -0.2) is 0 Å². The number of anilines is 1. The topological polar surface area (TPSA) is 36.3 Å². The van der Waals surface area contributed by atoms with Gasteiger partial charge < -0.3 is 9.64 Å². The second kappa shape index (κ2) is 8.84. The Balaban J connectivity index is 1.44. The quantitative estimate of drug-likeness (QED) is 0.505. The first kappa shape index (κ1) is 19.1. The van der Waals surface area contributed by atoms with Crippen molar-refractivity contribution in [1.29, 1.82) is 5.26 Å². The van der Waals surface area contributed by atoms with Gasteiger partial charge in [0.1, 0.15) is 11.5 Å². The number of ether oxygens (including phenoxy) is 1. The SMILES string of the molecule is Cc1ccccc1Cc1cccc(Oc2ccc(N3CCC[C@H]3CC#N)cc2)c1. The van der Waals surface area contributed by atoms with Gasteiger partial charge in [-0.15, -0.1) is 0 Å². The van der Waals surface area contributed by atoms with Crippen LogP contribution in [-0.4, -0.2) is 12.6 Å². The molecule has 0 amide bonds. The van der Waals surface area contributed by atoms with Gasteiger partial charge in [0.05, 0.1) is 12.5 Å². The zero-order chi connectivity index (χ0) is 20.1. The highest BCUT2D eigenvalue weighted by molar-refractivity contribution is 5.51. The van der Waals surface area contributed by atoms with E-state index in [2.05, 4.69) is 66.4 Å². The summed E-state index contributed by atoms with van der Waals surface area (Å²) in [7, 11) is 0. The largest absolute Gasteiger partial charge is 0.457 e. The third-order valence-electron chi connectivity index (χ3n) is 5.66. The molecule has 0 aliphatic carbocycles. The predicted molar refractivity (Wildman–Crippen MR) is 118 cm³/mol. The number of hydrogen-bond acceptors (Lipinski definition) is 3. The lowest BCUT2D eigenvalue weighted by molar-refractivity contribution is 0.482. The molecule has 0 spiro atoms. The van der Waals surface area contributed by atoms with E-state index in [1.165, 1.54) is 22.4 Å². The molecule has 3 nitrogen and oxygen atoms in total. The van der Waals surface area contributed by atoms with Crippen LogP contribution in [0.5, 0.6) is 11.5 Å². The van der Waals surface area contributed by atoms with Gasteiger partial charge in [-0.05, 0) is 79.3 Å². The lowest BCUT2D eigenvalue weighted by Crippen LogP contribution is -2.28. The van der Waals surface area contributed by atoms with Crippen LogP contribution in [0.25, 0.3) is 0 Å². The Labute approximate surface area is 173 Å². The number of aryl methyl sites for hydroxylation is 1. The van der Waals surface area contributed by atoms with Crippen molar-refractivity contribution in [2.75, 3.05) is 11.4 Å². The van der Waals surface area contributed by atoms with Gasteiger partial charge in [0, 0.05) is 18.3 Å². The van der Waals surface area contributed by atoms with Gasteiger partial charge in [0.15, 0.2) is 0 Å². The van der Waals surface area contributed by atoms with E-state index in [-0.39, 0.29) is 0 Å². The van der Waals surface area contributed by atoms with Gasteiger partial charge in [-0.3, -0.25) is 0 Å². The lowest BCUT2D eigenvalue weighted by Gasteiger charge is -2.25. The van der Waals surface area contributed by atoms with Crippen LogP contribution in [0.15, 0.2) is 72.8 Å². The zero-order valence-corrected chi connectivity index (χ0v) is 16.8. The predicted octanol–water partition coefficient (Wildman–Crippen LogP) is 6.26. The molecule has 0 bridgehead atoms. The van der Waals surface area contributed by atoms with Crippen LogP contribution in [0.1, 0.15) is 36.0 Å². The van der Waals surface area contributed by atoms with Crippen LogP contribution in [-0.2, 0) is 6.42 Å². The average Bonchev–Trinajstić information content (AvgIpc) is 3.19. The minimum Gasteiger partial charge on any atom is -0.457 e. The summed E-state index contributed by atoms with van der Waals surface area (Å²) in [6.07, 6.45) is 3.74. The summed E-state index contributed by atoms with van der Waals surface area (Å²) in [6, 6.07) is 27.7. The molecule has 29 heavy (non-hydrogen) atoms. The normalized spacial score (nSPS) is 15.9. The van der Waals surface area contributed by atoms with Gasteiger partial charge in [0.2, 0.25) is 0 Å². The maximum atomic E-state index is 9.03. The van der Waals surface area contributed by atoms with Gasteiger partial charge in [-0.1, -0.05) is 36.4 Å². The van der Waals surface area contributed by atoms with Crippen molar-refractivity contribution in [2.24, 2.45) is 0 Å². The lowest BCUT2D eigenvalue weighted by atomic mass is 10.0. The van der Waals surface area contributed by atoms with E-state index in [4.69, 9.17) is 10.00 Å². The highest BCUT2D eigenvalue weighted by atomic mass is 16.5. The van der Waals surface area contributed by atoms with Crippen molar-refractivity contribution < 1.29 is 4.74 Å². The molecular weight excluding hydrogens is 356 g/mol. The molecule has 1 heterocycles. The Bertz CT molecular complexity index is 1000. The molecule has 3 aromatic rings. The number of hydrogen-bond donors (Lipinski definition) is 0. The first-order chi connectivity index (χ1) is 14.2. The molecule has 1 atom stereocenters. The number of nitrogens with zero attached hydrogens (tertiary/aromatic N) is 2. The molecule has 1 fully saturated rings. The Kier molecular flexibility index (Phi) is 5.81. The third kappa shape index (κ3) is 4.60. The molecule has 3 aromatic carbocycles. The van der Waals surface area contributed by atoms with Crippen LogP contribution in [0.4, 0.5) is 5.69 Å². The van der Waals surface area contributed by atoms with E-state index in [0.29, 0.717) is 12.5 Å². The zero-order valence-electron chi connectivity index (χ0n) is 16.8. The molecular formula is C26H26N2O. The molecule has 0 N–H and O–H groups in total. The van der Waals surface area contributed by atoms with Crippen LogP contribution >= 0.6 is 0 Å². The summed E-state index contributed by atoms with van der Waals surface area (Å²) in [5.41, 5.74) is 5.06. The van der Waals surface area contributed by atoms with Crippen molar-refractivity contribution in [3.63, 3.8) is 0 Å². The fourth-order valence-corrected chi connectivity index (χ4v) is 4.08. The monoisotopic (exact) mass is 382 g/mol. The molecule has 0 saturated carbocycles. The summed E-state index contributed by atoms with van der Waals surface area (Å²) in [6.45, 7) is 3.17. The van der Waals surface area contributed by atoms with E-state index in [1.54, 1.807) is 0 Å². The van der Waals surface area contributed by atoms with Crippen LogP contribution in [0, 0.1) is 18.3 Å². The molecule has 0 unspecified atom stereocenters. The number of nitriles is 1. The maximum absolute atomic E-state index is 9.03. The minimum atomic E-state index is 0.338. The fourth-order valence-electron chi connectivity index (χ4n) is 4.08. The molecule has 146 valence electrons. The second-order valence-corrected chi connectivity index (χ2v) is 7.70. The van der Waals surface area contributed by atoms with Gasteiger partial charge in [0.25, 0.3) is 0 Å². The van der Waals surface area contributed by atoms with Crippen LogP contribution in [0.3, 0.4) is 0 Å². The molecule has 4 rings (SSSR count). The smallest absolute Gasteiger partial charge is 0.127 e. The molecule has 0 aromatic heterocycles. The van der Waals surface area contributed by atoms with Gasteiger partial charge >= 0.3 is 0 Å². The second-order valence-electron chi connectivity index (χ2n) is 7.70. The first-order valence-corrected chi connectivity index (χ1v) is 10.3. The maximum Gasteiger partial charge on any atom is 0.127 e. The molecule has 0 radical (unpaired) electrons. The van der Waals surface area contributed by atoms with Gasteiger partial charge in [-0.2, -0.15) is 5.26 Å². The number of rotatable bonds is 6. The number of benzene rings is 3. The van der Waals surface area contributed by atoms with Crippen molar-refractivity contribution in [3.8, 4) is 17.6 Å². The van der Waals surface area contributed by atoms with Crippen LogP contribution < -0.4 is 9.64 Å². The fraction of sp³-hybridized carbons (Fsp3) is 0.269. The minimum absolute atomic E-state index is 0.338. The van der Waals surface area contributed by atoms with Crippen LogP contribution in [0.2, 0.25) is 0 Å². The van der Waals surface area contributed by atoms with Crippen molar-refractivity contribution >= 4 is 5.69 Å². The molecule has 3 heteroatoms. The third-order valence-corrected chi connectivity index (χ3v) is 5.66. The average molecular weight is 383 g/mol. The summed E-state index contributed by atoms with van der Waals surface area (Å²) >= 11 is 0. The Hall–Kier alpha value is -3.25. The summed E-state index contributed by atoms with van der Waals surface area (Å²) in [5, 5.41) is 9.03. The van der Waals surface area contributed by atoms with Crippen molar-refractivity contribution in [1.82, 2.24) is 0 Å². The Morgan fingerprint density at radius 1 is 1.00 bits per heavy atom. The highest BCUT2D eigenvalue weighted by Crippen LogP contribution is 2.30. The highest BCUT2D eigenvalue weighted by Gasteiger charge is 2.24. The van der Waals surface area contributed by atoms with E-state index in [1.807, 2.05) is 24.3 Å². The standard InChI is InChI=1S/C26H26N2O/c1-20-6-2-3-8-22(20)18-21-7-4-10-26(19-21)29-25-13-11-24(12-14-25)28-17-5-9-23(28)15-16-27/h2-4,6-8,10-14,19,23H,5,9,15,17-18H2,1H3/t23-/m0/s1. The van der Waals surface area contributed by atoms with Crippen molar-refractivity contribution in [3.05, 3.63) is 89.5 Å². The van der Waals surface area contributed by atoms with E-state index in [0.717, 1.165) is 37.3 Å². The Morgan fingerprint density at radius 2 is 1.83 bits per heavy atom. The van der Waals surface area contributed by atoms with E-state index in [9.17, 15) is 0 Å². The molecule has 1 aliphatic heterocycles. The van der Waals surface area contributed by atoms with E-state index >= 15 is 0 Å². The van der Waals surface area contributed by atoms with E-state index < -0.39 is 0 Å². The summed E-state index contributed by atoms with van der Waals surface area (Å²) in [4.78, 5) is 2.34. The Morgan fingerprint density at radius 3 is 2.62 bits per heavy atom. The summed E-state index contributed by atoms with van der Waals surface area (Å²) < 4.78 is 6.11. The molecule has 1 aliphatic rings. The first-order valence-electron chi connectivity index (χ1n) is 10.3.